The number of anilines is 1. The predicted octanol–water partition coefficient (Wildman–Crippen LogP) is 5.92. The first-order valence-electron chi connectivity index (χ1n) is 16.7. The first kappa shape index (κ1) is 34.6. The van der Waals surface area contributed by atoms with E-state index in [2.05, 4.69) is 96.2 Å². The third-order valence-electron chi connectivity index (χ3n) is 8.71. The van der Waals surface area contributed by atoms with E-state index in [4.69, 9.17) is 21.3 Å². The van der Waals surface area contributed by atoms with Gasteiger partial charge in [0.25, 0.3) is 0 Å². The number of rotatable bonds is 14. The van der Waals surface area contributed by atoms with Crippen molar-refractivity contribution in [1.29, 1.82) is 0 Å². The number of amides is 2. The molecule has 0 bridgehead atoms. The molecule has 1 saturated heterocycles. The van der Waals surface area contributed by atoms with Crippen molar-refractivity contribution in [3.05, 3.63) is 76.1 Å². The lowest BCUT2D eigenvalue weighted by atomic mass is 10.0. The van der Waals surface area contributed by atoms with Crippen LogP contribution in [0.25, 0.3) is 22.2 Å². The third kappa shape index (κ3) is 9.01. The monoisotopic (exact) mass is 660 g/mol. The van der Waals surface area contributed by atoms with Gasteiger partial charge in [0.05, 0.1) is 17.3 Å². The normalized spacial score (nSPS) is 13.9. The molecule has 3 N–H and O–H groups in total. The van der Waals surface area contributed by atoms with Gasteiger partial charge in [-0.1, -0.05) is 42.8 Å². The molecule has 11 heteroatoms. The minimum Gasteiger partial charge on any atom is -0.381 e. The summed E-state index contributed by atoms with van der Waals surface area (Å²) in [6, 6.07) is 14.5. The number of nitrogens with zero attached hydrogens (tertiary/aromatic N) is 5. The van der Waals surface area contributed by atoms with Crippen molar-refractivity contribution < 1.29 is 9.53 Å². The highest BCUT2D eigenvalue weighted by atomic mass is 35.5. The maximum absolute atomic E-state index is 13.1. The van der Waals surface area contributed by atoms with E-state index in [0.29, 0.717) is 24.2 Å². The fraction of sp³-hybridized carbons (Fsp3) is 0.472. The number of aromatic nitrogens is 3. The van der Waals surface area contributed by atoms with Gasteiger partial charge in [-0.15, -0.1) is 0 Å². The minimum absolute atomic E-state index is 0.243. The van der Waals surface area contributed by atoms with Crippen LogP contribution in [0.15, 0.2) is 48.7 Å². The van der Waals surface area contributed by atoms with Crippen LogP contribution in [-0.2, 0) is 37.3 Å². The molecule has 1 aliphatic heterocycles. The van der Waals surface area contributed by atoms with Crippen LogP contribution in [0.5, 0.6) is 0 Å². The molecule has 1 fully saturated rings. The van der Waals surface area contributed by atoms with Gasteiger partial charge in [0, 0.05) is 80.4 Å². The summed E-state index contributed by atoms with van der Waals surface area (Å²) in [5.74, 6) is 0. The van der Waals surface area contributed by atoms with Crippen LogP contribution >= 0.6 is 11.6 Å². The van der Waals surface area contributed by atoms with E-state index >= 15 is 0 Å². The van der Waals surface area contributed by atoms with Gasteiger partial charge in [-0.25, -0.2) is 14.5 Å². The fourth-order valence-corrected chi connectivity index (χ4v) is 6.24. The molecule has 1 aliphatic rings. The van der Waals surface area contributed by atoms with E-state index in [-0.39, 0.29) is 6.03 Å². The second-order valence-electron chi connectivity index (χ2n) is 12.6. The van der Waals surface area contributed by atoms with Crippen LogP contribution in [-0.4, -0.2) is 84.1 Å². The second-order valence-corrected chi connectivity index (χ2v) is 13.0. The number of pyridine rings is 1. The number of hydrogen-bond acceptors (Lipinski definition) is 7. The third-order valence-corrected chi connectivity index (χ3v) is 9.03. The summed E-state index contributed by atoms with van der Waals surface area (Å²) in [5, 5.41) is 16.2. The van der Waals surface area contributed by atoms with Crippen LogP contribution in [0.1, 0.15) is 49.1 Å². The average Bonchev–Trinajstić information content (AvgIpc) is 3.49. The number of carbonyl (C=O) groups excluding carboxylic acids is 1. The molecular formula is C36H49ClN8O2. The molecule has 0 saturated carbocycles. The Balaban J connectivity index is 1.26. The van der Waals surface area contributed by atoms with E-state index in [0.717, 1.165) is 103 Å². The Kier molecular flexibility index (Phi) is 12.1. The van der Waals surface area contributed by atoms with Crippen molar-refractivity contribution in [2.75, 3.05) is 52.8 Å². The zero-order chi connectivity index (χ0) is 33.3. The fourth-order valence-electron chi connectivity index (χ4n) is 6.02. The Bertz CT molecular complexity index is 1650. The predicted molar refractivity (Wildman–Crippen MR) is 191 cm³/mol. The number of fused-ring (bicyclic) bond motifs is 1. The second kappa shape index (κ2) is 16.4. The molecule has 0 spiro atoms. The zero-order valence-electron chi connectivity index (χ0n) is 28.4. The molecule has 0 unspecified atom stereocenters. The topological polar surface area (TPSA) is 99.6 Å². The number of likely N-dealkylation sites (N-methyl/N-ethyl adjacent to an activating group) is 2. The average molecular weight is 661 g/mol. The van der Waals surface area contributed by atoms with Crippen LogP contribution in [0, 0.1) is 0 Å². The van der Waals surface area contributed by atoms with Gasteiger partial charge in [-0.3, -0.25) is 0 Å². The van der Waals surface area contributed by atoms with E-state index in [1.807, 2.05) is 23.0 Å². The quantitative estimate of drug-likeness (QED) is 0.155. The van der Waals surface area contributed by atoms with Gasteiger partial charge in [0.1, 0.15) is 0 Å². The number of urea groups is 1. The zero-order valence-corrected chi connectivity index (χ0v) is 29.2. The number of aryl methyl sites for hydroxylation is 2. The number of hydrogen-bond donors (Lipinski definition) is 3. The standard InChI is InChI=1S/C36H49ClN8O2/c1-6-33-30(34(41-28-13-17-47-18-14-28)31-23-40-45(7-2)35(31)42-33)22-39-36(46)38-21-25-11-12-32(37)29(20-25)27-10-8-9-26(19-27)24-44(5)16-15-43(3)4/h8-12,19-20,23,28H,6-7,13-18,21-22,24H2,1-5H3,(H,41,42)(H2,38,39,46). The van der Waals surface area contributed by atoms with Crippen LogP contribution < -0.4 is 16.0 Å². The Morgan fingerprint density at radius 2 is 1.81 bits per heavy atom. The van der Waals surface area contributed by atoms with Gasteiger partial charge in [0.15, 0.2) is 5.65 Å². The summed E-state index contributed by atoms with van der Waals surface area (Å²) >= 11 is 6.68. The lowest BCUT2D eigenvalue weighted by molar-refractivity contribution is 0.0904. The minimum atomic E-state index is -0.243. The van der Waals surface area contributed by atoms with Gasteiger partial charge >= 0.3 is 6.03 Å². The number of carbonyl (C=O) groups is 1. The van der Waals surface area contributed by atoms with Gasteiger partial charge in [0.2, 0.25) is 0 Å². The summed E-state index contributed by atoms with van der Waals surface area (Å²) < 4.78 is 7.52. The molecular weight excluding hydrogens is 612 g/mol. The van der Waals surface area contributed by atoms with Gasteiger partial charge in [-0.05, 0) is 82.2 Å². The molecule has 2 aromatic carbocycles. The van der Waals surface area contributed by atoms with E-state index < -0.39 is 0 Å². The molecule has 47 heavy (non-hydrogen) atoms. The number of nitrogens with one attached hydrogen (secondary N) is 3. The van der Waals surface area contributed by atoms with E-state index in [9.17, 15) is 4.79 Å². The summed E-state index contributed by atoms with van der Waals surface area (Å²) in [5.41, 5.74) is 8.04. The summed E-state index contributed by atoms with van der Waals surface area (Å²) in [6.07, 6.45) is 4.49. The number of halogens is 1. The van der Waals surface area contributed by atoms with Gasteiger partial charge < -0.3 is 30.5 Å². The molecule has 0 radical (unpaired) electrons. The maximum Gasteiger partial charge on any atom is 0.315 e. The van der Waals surface area contributed by atoms with Crippen molar-refractivity contribution in [2.24, 2.45) is 0 Å². The highest BCUT2D eigenvalue weighted by molar-refractivity contribution is 6.33. The Hall–Kier alpha value is -3.70. The first-order chi connectivity index (χ1) is 22.7. The van der Waals surface area contributed by atoms with E-state index in [1.165, 1.54) is 5.56 Å². The summed E-state index contributed by atoms with van der Waals surface area (Å²) in [7, 11) is 6.32. The molecule has 4 aromatic rings. The Morgan fingerprint density at radius 3 is 2.55 bits per heavy atom. The molecule has 252 valence electrons. The molecule has 10 nitrogen and oxygen atoms in total. The van der Waals surface area contributed by atoms with E-state index in [1.54, 1.807) is 0 Å². The van der Waals surface area contributed by atoms with Crippen molar-refractivity contribution in [2.45, 2.75) is 65.3 Å². The molecule has 0 atom stereocenters. The number of ether oxygens (including phenoxy) is 1. The molecule has 0 aliphatic carbocycles. The lowest BCUT2D eigenvalue weighted by Crippen LogP contribution is -2.35. The Morgan fingerprint density at radius 1 is 1.02 bits per heavy atom. The highest BCUT2D eigenvalue weighted by Crippen LogP contribution is 2.32. The van der Waals surface area contributed by atoms with Crippen LogP contribution in [0.4, 0.5) is 10.5 Å². The van der Waals surface area contributed by atoms with Crippen molar-refractivity contribution in [3.63, 3.8) is 0 Å². The SMILES string of the molecule is CCc1nc2c(cnn2CC)c(NC2CCOCC2)c1CNC(=O)NCc1ccc(Cl)c(-c2cccc(CN(C)CCN(C)C)c2)c1. The first-order valence-corrected chi connectivity index (χ1v) is 17.1. The number of benzene rings is 2. The Labute approximate surface area is 283 Å². The van der Waals surface area contributed by atoms with Gasteiger partial charge in [-0.2, -0.15) is 5.10 Å². The molecule has 2 aromatic heterocycles. The molecule has 5 rings (SSSR count). The molecule has 2 amide bonds. The van der Waals surface area contributed by atoms with Crippen LogP contribution in [0.2, 0.25) is 5.02 Å². The smallest absolute Gasteiger partial charge is 0.315 e. The summed E-state index contributed by atoms with van der Waals surface area (Å²) in [6.45, 7) is 9.96. The van der Waals surface area contributed by atoms with Crippen LogP contribution in [0.3, 0.4) is 0 Å². The summed E-state index contributed by atoms with van der Waals surface area (Å²) in [4.78, 5) is 22.6. The largest absolute Gasteiger partial charge is 0.381 e. The van der Waals surface area contributed by atoms with Crippen molar-refractivity contribution in [1.82, 2.24) is 35.2 Å². The lowest BCUT2D eigenvalue weighted by Gasteiger charge is -2.26. The van der Waals surface area contributed by atoms with Crippen molar-refractivity contribution in [3.8, 4) is 11.1 Å². The molecule has 3 heterocycles. The maximum atomic E-state index is 13.1. The highest BCUT2D eigenvalue weighted by Gasteiger charge is 2.22. The van der Waals surface area contributed by atoms with Crippen molar-refractivity contribution >= 4 is 34.4 Å².